The maximum absolute atomic E-state index is 13.7. The highest BCUT2D eigenvalue weighted by atomic mass is 35.5. The Balaban J connectivity index is 1.82. The number of benzene rings is 2. The summed E-state index contributed by atoms with van der Waals surface area (Å²) in [5, 5.41) is 3.31. The van der Waals surface area contributed by atoms with Crippen LogP contribution in [0.15, 0.2) is 42.5 Å². The molecule has 3 nitrogen and oxygen atoms in total. The van der Waals surface area contributed by atoms with Gasteiger partial charge in [-0.2, -0.15) is 0 Å². The van der Waals surface area contributed by atoms with E-state index in [-0.39, 0.29) is 23.5 Å². The fourth-order valence-corrected chi connectivity index (χ4v) is 3.35. The maximum atomic E-state index is 13.7. The van der Waals surface area contributed by atoms with Crippen molar-refractivity contribution < 1.29 is 13.9 Å². The third-order valence-corrected chi connectivity index (χ3v) is 4.85. The molecule has 0 aliphatic heterocycles. The number of halogens is 2. The van der Waals surface area contributed by atoms with E-state index in [0.29, 0.717) is 16.3 Å². The van der Waals surface area contributed by atoms with Gasteiger partial charge in [0.2, 0.25) is 5.91 Å². The molecule has 24 heavy (non-hydrogen) atoms. The number of rotatable bonds is 7. The third kappa shape index (κ3) is 5.14. The Hall–Kier alpha value is -1.72. The largest absolute Gasteiger partial charge is 0.497 e. The average molecular weight is 368 g/mol. The van der Waals surface area contributed by atoms with Crippen molar-refractivity contribution in [3.8, 4) is 5.75 Å². The molecule has 0 aromatic heterocycles. The molecule has 1 amide bonds. The molecule has 2 aromatic rings. The SMILES string of the molecule is COc1ccc([C@H](C)NC(=O)CSCc2c(F)cccc2Cl)cc1. The van der Waals surface area contributed by atoms with Crippen molar-refractivity contribution in [1.82, 2.24) is 5.32 Å². The van der Waals surface area contributed by atoms with Gasteiger partial charge in [0, 0.05) is 16.3 Å². The normalized spacial score (nSPS) is 11.8. The van der Waals surface area contributed by atoms with Gasteiger partial charge < -0.3 is 10.1 Å². The Kier molecular flexibility index (Phi) is 6.94. The molecular weight excluding hydrogens is 349 g/mol. The standard InChI is InChI=1S/C18H19ClFNO2S/c1-12(13-6-8-14(23-2)9-7-13)21-18(22)11-24-10-15-16(19)4-3-5-17(15)20/h3-9,12H,10-11H2,1-2H3,(H,21,22)/t12-/m0/s1. The van der Waals surface area contributed by atoms with E-state index in [2.05, 4.69) is 5.32 Å². The molecule has 6 heteroatoms. The van der Waals surface area contributed by atoms with Crippen LogP contribution in [-0.2, 0) is 10.5 Å². The number of hydrogen-bond donors (Lipinski definition) is 1. The van der Waals surface area contributed by atoms with E-state index < -0.39 is 0 Å². The van der Waals surface area contributed by atoms with Gasteiger partial charge >= 0.3 is 0 Å². The molecule has 2 aromatic carbocycles. The van der Waals surface area contributed by atoms with Crippen LogP contribution in [0.25, 0.3) is 0 Å². The van der Waals surface area contributed by atoms with E-state index in [1.165, 1.54) is 17.8 Å². The first-order chi connectivity index (χ1) is 11.5. The molecule has 1 N–H and O–H groups in total. The monoisotopic (exact) mass is 367 g/mol. The number of hydrogen-bond acceptors (Lipinski definition) is 3. The second-order valence-electron chi connectivity index (χ2n) is 5.26. The maximum Gasteiger partial charge on any atom is 0.230 e. The minimum Gasteiger partial charge on any atom is -0.497 e. The Morgan fingerprint density at radius 3 is 2.62 bits per heavy atom. The molecule has 0 saturated heterocycles. The molecule has 0 aliphatic rings. The summed E-state index contributed by atoms with van der Waals surface area (Å²) in [6, 6.07) is 12.0. The topological polar surface area (TPSA) is 38.3 Å². The number of thioether (sulfide) groups is 1. The van der Waals surface area contributed by atoms with Crippen molar-refractivity contribution in [2.75, 3.05) is 12.9 Å². The fourth-order valence-electron chi connectivity index (χ4n) is 2.18. The lowest BCUT2D eigenvalue weighted by molar-refractivity contribution is -0.119. The van der Waals surface area contributed by atoms with Crippen LogP contribution in [-0.4, -0.2) is 18.8 Å². The van der Waals surface area contributed by atoms with E-state index in [9.17, 15) is 9.18 Å². The van der Waals surface area contributed by atoms with Crippen LogP contribution in [0.3, 0.4) is 0 Å². The first-order valence-electron chi connectivity index (χ1n) is 7.45. The summed E-state index contributed by atoms with van der Waals surface area (Å²) in [6.45, 7) is 1.91. The third-order valence-electron chi connectivity index (χ3n) is 3.53. The Morgan fingerprint density at radius 2 is 2.00 bits per heavy atom. The van der Waals surface area contributed by atoms with Crippen molar-refractivity contribution in [2.45, 2.75) is 18.7 Å². The van der Waals surface area contributed by atoms with Gasteiger partial charge in [-0.25, -0.2) is 4.39 Å². The van der Waals surface area contributed by atoms with E-state index in [1.54, 1.807) is 19.2 Å². The summed E-state index contributed by atoms with van der Waals surface area (Å²) < 4.78 is 18.8. The number of carbonyl (C=O) groups excluding carboxylic acids is 1. The summed E-state index contributed by atoms with van der Waals surface area (Å²) in [7, 11) is 1.61. The van der Waals surface area contributed by atoms with Crippen molar-refractivity contribution in [2.24, 2.45) is 0 Å². The minimum absolute atomic E-state index is 0.101. The quantitative estimate of drug-likeness (QED) is 0.777. The lowest BCUT2D eigenvalue weighted by atomic mass is 10.1. The van der Waals surface area contributed by atoms with E-state index >= 15 is 0 Å². The highest BCUT2D eigenvalue weighted by Gasteiger charge is 2.11. The number of amides is 1. The van der Waals surface area contributed by atoms with Gasteiger partial charge in [-0.3, -0.25) is 4.79 Å². The second-order valence-corrected chi connectivity index (χ2v) is 6.65. The van der Waals surface area contributed by atoms with E-state index in [1.807, 2.05) is 31.2 Å². The van der Waals surface area contributed by atoms with Crippen molar-refractivity contribution in [1.29, 1.82) is 0 Å². The molecule has 0 bridgehead atoms. The second kappa shape index (κ2) is 8.94. The molecule has 0 radical (unpaired) electrons. The lowest BCUT2D eigenvalue weighted by Gasteiger charge is -2.15. The molecule has 0 saturated carbocycles. The fraction of sp³-hybridized carbons (Fsp3) is 0.278. The molecule has 0 fully saturated rings. The van der Waals surface area contributed by atoms with Gasteiger partial charge in [-0.15, -0.1) is 11.8 Å². The molecule has 0 spiro atoms. The minimum atomic E-state index is -0.345. The molecule has 0 heterocycles. The lowest BCUT2D eigenvalue weighted by Crippen LogP contribution is -2.28. The Bertz CT molecular complexity index is 674. The zero-order chi connectivity index (χ0) is 17.5. The zero-order valence-electron chi connectivity index (χ0n) is 13.5. The summed E-state index contributed by atoms with van der Waals surface area (Å²) in [6.07, 6.45) is 0. The van der Waals surface area contributed by atoms with Crippen LogP contribution in [0.2, 0.25) is 5.02 Å². The Labute approximate surface area is 150 Å². The summed E-state index contributed by atoms with van der Waals surface area (Å²) in [4.78, 5) is 12.0. The summed E-state index contributed by atoms with van der Waals surface area (Å²) in [5.41, 5.74) is 1.42. The first-order valence-corrected chi connectivity index (χ1v) is 8.98. The predicted octanol–water partition coefficient (Wildman–Crippen LogP) is 4.60. The van der Waals surface area contributed by atoms with E-state index in [0.717, 1.165) is 11.3 Å². The van der Waals surface area contributed by atoms with Gasteiger partial charge in [-0.05, 0) is 36.8 Å². The first kappa shape index (κ1) is 18.6. The van der Waals surface area contributed by atoms with Crippen LogP contribution >= 0.6 is 23.4 Å². The molecule has 2 rings (SSSR count). The van der Waals surface area contributed by atoms with Gasteiger partial charge in [0.25, 0.3) is 0 Å². The van der Waals surface area contributed by atoms with Crippen LogP contribution in [0.4, 0.5) is 4.39 Å². The Morgan fingerprint density at radius 1 is 1.29 bits per heavy atom. The summed E-state index contributed by atoms with van der Waals surface area (Å²) in [5.74, 6) is 0.925. The van der Waals surface area contributed by atoms with Crippen LogP contribution in [0, 0.1) is 5.82 Å². The van der Waals surface area contributed by atoms with Gasteiger partial charge in [0.05, 0.1) is 18.9 Å². The number of ether oxygens (including phenoxy) is 1. The number of methoxy groups -OCH3 is 1. The van der Waals surface area contributed by atoms with Crippen LogP contribution in [0.5, 0.6) is 5.75 Å². The van der Waals surface area contributed by atoms with Crippen molar-refractivity contribution in [3.05, 3.63) is 64.4 Å². The molecule has 0 aliphatic carbocycles. The number of carbonyl (C=O) groups is 1. The smallest absolute Gasteiger partial charge is 0.230 e. The van der Waals surface area contributed by atoms with E-state index in [4.69, 9.17) is 16.3 Å². The van der Waals surface area contributed by atoms with Gasteiger partial charge in [0.1, 0.15) is 11.6 Å². The van der Waals surface area contributed by atoms with Crippen molar-refractivity contribution in [3.63, 3.8) is 0 Å². The summed E-state index contributed by atoms with van der Waals surface area (Å²) >= 11 is 7.30. The number of nitrogens with one attached hydrogen (secondary N) is 1. The van der Waals surface area contributed by atoms with Crippen molar-refractivity contribution >= 4 is 29.3 Å². The molecule has 0 unspecified atom stereocenters. The molecular formula is C18H19ClFNO2S. The molecule has 128 valence electrons. The van der Waals surface area contributed by atoms with Gasteiger partial charge in [-0.1, -0.05) is 29.8 Å². The van der Waals surface area contributed by atoms with Gasteiger partial charge in [0.15, 0.2) is 0 Å². The zero-order valence-corrected chi connectivity index (χ0v) is 15.1. The van der Waals surface area contributed by atoms with Crippen LogP contribution < -0.4 is 10.1 Å². The van der Waals surface area contributed by atoms with Crippen LogP contribution in [0.1, 0.15) is 24.1 Å². The molecule has 1 atom stereocenters. The highest BCUT2D eigenvalue weighted by molar-refractivity contribution is 7.99. The highest BCUT2D eigenvalue weighted by Crippen LogP contribution is 2.24. The predicted molar refractivity (Wildman–Crippen MR) is 97.1 cm³/mol. The average Bonchev–Trinajstić information content (AvgIpc) is 2.57.